The predicted octanol–water partition coefficient (Wildman–Crippen LogP) is 3.00. The van der Waals surface area contributed by atoms with E-state index in [9.17, 15) is 8.42 Å². The van der Waals surface area contributed by atoms with E-state index in [2.05, 4.69) is 23.7 Å². The number of hydrogen-bond donors (Lipinski definition) is 0. The first-order valence-electron chi connectivity index (χ1n) is 10.6. The highest BCUT2D eigenvalue weighted by molar-refractivity contribution is 7.91. The smallest absolute Gasteiger partial charge is 0.227 e. The summed E-state index contributed by atoms with van der Waals surface area (Å²) in [5.41, 5.74) is 0.900. The Morgan fingerprint density at radius 2 is 2.07 bits per heavy atom. The van der Waals surface area contributed by atoms with Crippen molar-refractivity contribution in [3.05, 3.63) is 42.2 Å². The highest BCUT2D eigenvalue weighted by atomic mass is 32.2. The quantitative estimate of drug-likeness (QED) is 0.540. The molecule has 0 bridgehead atoms. The molecule has 8 heteroatoms. The van der Waals surface area contributed by atoms with Gasteiger partial charge in [-0.2, -0.15) is 0 Å². The van der Waals surface area contributed by atoms with Crippen LogP contribution in [0.4, 0.5) is 0 Å². The molecule has 30 heavy (non-hydrogen) atoms. The Labute approximate surface area is 179 Å². The number of hydrogen-bond acceptors (Lipinski definition) is 6. The van der Waals surface area contributed by atoms with Crippen LogP contribution in [-0.2, 0) is 27.7 Å². The van der Waals surface area contributed by atoms with Crippen LogP contribution in [0.3, 0.4) is 0 Å². The third kappa shape index (κ3) is 6.30. The van der Waals surface area contributed by atoms with Crippen LogP contribution in [0.1, 0.15) is 32.4 Å². The second-order valence-corrected chi connectivity index (χ2v) is 10.3. The van der Waals surface area contributed by atoms with Gasteiger partial charge in [-0.3, -0.25) is 4.90 Å². The summed E-state index contributed by atoms with van der Waals surface area (Å²) in [5.74, 6) is 1.15. The molecule has 1 aromatic heterocycles. The minimum absolute atomic E-state index is 0.00229. The van der Waals surface area contributed by atoms with Gasteiger partial charge in [0.2, 0.25) is 15.0 Å². The number of benzene rings is 1. The van der Waals surface area contributed by atoms with Crippen molar-refractivity contribution in [3.8, 4) is 5.75 Å². The molecule has 0 radical (unpaired) electrons. The van der Waals surface area contributed by atoms with E-state index < -0.39 is 9.84 Å². The molecular weight excluding hydrogens is 402 g/mol. The first-order valence-corrected chi connectivity index (χ1v) is 12.3. The number of rotatable bonds is 11. The van der Waals surface area contributed by atoms with Crippen LogP contribution in [0.5, 0.6) is 5.75 Å². The lowest BCUT2D eigenvalue weighted by molar-refractivity contribution is 0.127. The van der Waals surface area contributed by atoms with E-state index in [1.165, 1.54) is 0 Å². The molecule has 0 aliphatic carbocycles. The second-order valence-electron chi connectivity index (χ2n) is 8.35. The number of nitrogens with zero attached hydrogens (tertiary/aromatic N) is 3. The van der Waals surface area contributed by atoms with E-state index >= 15 is 0 Å². The highest BCUT2D eigenvalue weighted by Crippen LogP contribution is 2.21. The van der Waals surface area contributed by atoms with Gasteiger partial charge in [-0.25, -0.2) is 13.4 Å². The van der Waals surface area contributed by atoms with Crippen molar-refractivity contribution in [2.75, 3.05) is 32.6 Å². The molecule has 1 aliphatic heterocycles. The van der Waals surface area contributed by atoms with Gasteiger partial charge in [-0.15, -0.1) is 0 Å². The molecule has 1 aliphatic rings. The van der Waals surface area contributed by atoms with Crippen LogP contribution in [0.25, 0.3) is 0 Å². The number of sulfone groups is 1. The lowest BCUT2D eigenvalue weighted by Crippen LogP contribution is -2.27. The lowest BCUT2D eigenvalue weighted by Gasteiger charge is -2.20. The minimum Gasteiger partial charge on any atom is -0.492 e. The Kier molecular flexibility index (Phi) is 7.91. The fourth-order valence-electron chi connectivity index (χ4n) is 3.61. The molecule has 1 atom stereocenters. The molecule has 1 saturated heterocycles. The van der Waals surface area contributed by atoms with E-state index in [1.54, 1.807) is 6.20 Å². The molecular formula is C22H33N3O4S. The third-order valence-electron chi connectivity index (χ3n) is 5.07. The van der Waals surface area contributed by atoms with Gasteiger partial charge in [0.05, 0.1) is 23.7 Å². The van der Waals surface area contributed by atoms with Gasteiger partial charge in [0.1, 0.15) is 12.4 Å². The third-order valence-corrected chi connectivity index (χ3v) is 6.77. The Morgan fingerprint density at radius 3 is 2.73 bits per heavy atom. The number of para-hydroxylation sites is 1. The summed E-state index contributed by atoms with van der Waals surface area (Å²) in [7, 11) is -1.50. The van der Waals surface area contributed by atoms with Gasteiger partial charge in [0, 0.05) is 26.2 Å². The molecule has 3 rings (SSSR count). The van der Waals surface area contributed by atoms with Gasteiger partial charge >= 0.3 is 0 Å². The summed E-state index contributed by atoms with van der Waals surface area (Å²) in [6.45, 7) is 7.30. The highest BCUT2D eigenvalue weighted by Gasteiger charge is 2.29. The van der Waals surface area contributed by atoms with E-state index in [1.807, 2.05) is 41.9 Å². The SMILES string of the molecule is CC(C)Cn1c(CN(C)CCOc2ccccc2)cnc1S(=O)(=O)CC1CCCO1. The maximum Gasteiger partial charge on any atom is 0.227 e. The molecule has 2 aromatic rings. The first-order chi connectivity index (χ1) is 14.3. The summed E-state index contributed by atoms with van der Waals surface area (Å²) in [5, 5.41) is 0.163. The number of ether oxygens (including phenoxy) is 2. The van der Waals surface area contributed by atoms with Crippen LogP contribution in [0.15, 0.2) is 41.7 Å². The predicted molar refractivity (Wildman–Crippen MR) is 116 cm³/mol. The maximum atomic E-state index is 13.0. The summed E-state index contributed by atoms with van der Waals surface area (Å²) >= 11 is 0. The van der Waals surface area contributed by atoms with Crippen molar-refractivity contribution in [2.24, 2.45) is 5.92 Å². The Balaban J connectivity index is 1.66. The molecule has 7 nitrogen and oxygen atoms in total. The van der Waals surface area contributed by atoms with Crippen LogP contribution < -0.4 is 4.74 Å². The molecule has 1 fully saturated rings. The fourth-order valence-corrected chi connectivity index (χ4v) is 5.26. The zero-order valence-electron chi connectivity index (χ0n) is 18.2. The van der Waals surface area contributed by atoms with Gasteiger partial charge in [0.15, 0.2) is 0 Å². The van der Waals surface area contributed by atoms with E-state index in [4.69, 9.17) is 9.47 Å². The zero-order chi connectivity index (χ0) is 21.6. The first kappa shape index (κ1) is 22.8. The summed E-state index contributed by atoms with van der Waals surface area (Å²) in [6.07, 6.45) is 3.18. The van der Waals surface area contributed by atoms with Crippen molar-refractivity contribution in [3.63, 3.8) is 0 Å². The van der Waals surface area contributed by atoms with Crippen molar-refractivity contribution in [2.45, 2.75) is 51.0 Å². The van der Waals surface area contributed by atoms with Crippen LogP contribution in [0, 0.1) is 5.92 Å². The van der Waals surface area contributed by atoms with Gasteiger partial charge in [-0.1, -0.05) is 32.0 Å². The largest absolute Gasteiger partial charge is 0.492 e. The van der Waals surface area contributed by atoms with Crippen molar-refractivity contribution >= 4 is 9.84 Å². The average molecular weight is 436 g/mol. The molecule has 2 heterocycles. The standard InChI is InChI=1S/C22H33N3O4S/c1-18(2)15-25-19(16-24(3)11-13-29-20-8-5-4-6-9-20)14-23-22(25)30(26,27)17-21-10-7-12-28-21/h4-6,8-9,14,18,21H,7,10-13,15-17H2,1-3H3. The summed E-state index contributed by atoms with van der Waals surface area (Å²) in [6, 6.07) is 9.72. The fraction of sp³-hybridized carbons (Fsp3) is 0.591. The van der Waals surface area contributed by atoms with E-state index in [-0.39, 0.29) is 17.0 Å². The normalized spacial score (nSPS) is 17.2. The monoisotopic (exact) mass is 435 g/mol. The van der Waals surface area contributed by atoms with E-state index in [0.29, 0.717) is 32.2 Å². The lowest BCUT2D eigenvalue weighted by atomic mass is 10.2. The van der Waals surface area contributed by atoms with Gasteiger partial charge in [0.25, 0.3) is 0 Å². The number of imidazole rings is 1. The number of aromatic nitrogens is 2. The van der Waals surface area contributed by atoms with Crippen LogP contribution in [-0.4, -0.2) is 61.5 Å². The second kappa shape index (κ2) is 10.4. The zero-order valence-corrected chi connectivity index (χ0v) is 19.0. The van der Waals surface area contributed by atoms with Gasteiger partial charge < -0.3 is 14.0 Å². The van der Waals surface area contributed by atoms with Crippen molar-refractivity contribution < 1.29 is 17.9 Å². The molecule has 166 valence electrons. The van der Waals surface area contributed by atoms with E-state index in [0.717, 1.165) is 30.8 Å². The molecule has 0 amide bonds. The summed E-state index contributed by atoms with van der Waals surface area (Å²) in [4.78, 5) is 6.44. The van der Waals surface area contributed by atoms with Crippen molar-refractivity contribution in [1.29, 1.82) is 0 Å². The summed E-state index contributed by atoms with van der Waals surface area (Å²) < 4.78 is 39.2. The van der Waals surface area contributed by atoms with Crippen molar-refractivity contribution in [1.82, 2.24) is 14.5 Å². The average Bonchev–Trinajstić information content (AvgIpc) is 3.32. The topological polar surface area (TPSA) is 73.7 Å². The Hall–Kier alpha value is -1.90. The molecule has 0 saturated carbocycles. The molecule has 1 unspecified atom stereocenters. The Morgan fingerprint density at radius 1 is 1.30 bits per heavy atom. The molecule has 0 N–H and O–H groups in total. The number of likely N-dealkylation sites (N-methyl/N-ethyl adjacent to an activating group) is 1. The Bertz CT molecular complexity index is 890. The van der Waals surface area contributed by atoms with Crippen LogP contribution in [0.2, 0.25) is 0 Å². The minimum atomic E-state index is -3.50. The molecule has 0 spiro atoms. The van der Waals surface area contributed by atoms with Gasteiger partial charge in [-0.05, 0) is 37.9 Å². The van der Waals surface area contributed by atoms with Crippen LogP contribution >= 0.6 is 0 Å². The molecule has 1 aromatic carbocycles. The maximum absolute atomic E-state index is 13.0.